The lowest BCUT2D eigenvalue weighted by Crippen LogP contribution is -2.12. The predicted molar refractivity (Wildman–Crippen MR) is 45.3 cm³/mol. The van der Waals surface area contributed by atoms with Gasteiger partial charge in [-0.3, -0.25) is 0 Å². The van der Waals surface area contributed by atoms with Crippen molar-refractivity contribution < 1.29 is 17.9 Å². The van der Waals surface area contributed by atoms with Crippen LogP contribution in [0.15, 0.2) is 11.8 Å². The molecule has 0 radical (unpaired) electrons. The second-order valence-electron chi connectivity index (χ2n) is 2.83. The fourth-order valence-electron chi connectivity index (χ4n) is 0.975. The molecule has 0 fully saturated rings. The second kappa shape index (κ2) is 5.89. The maximum atomic E-state index is 12.2. The largest absolute Gasteiger partial charge is 0.504 e. The Kier molecular flexibility index (Phi) is 5.58. The van der Waals surface area contributed by atoms with E-state index in [0.717, 1.165) is 19.1 Å². The molecule has 13 heavy (non-hydrogen) atoms. The molecule has 0 heterocycles. The fourth-order valence-corrected chi connectivity index (χ4v) is 0.975. The van der Waals surface area contributed by atoms with Gasteiger partial charge in [0.25, 0.3) is 0 Å². The summed E-state index contributed by atoms with van der Waals surface area (Å²) in [5, 5.41) is 0. The number of unbranched alkanes of at least 4 members (excludes halogenated alkanes) is 2. The third-order valence-corrected chi connectivity index (χ3v) is 1.67. The maximum Gasteiger partial charge on any atom is 0.415 e. The van der Waals surface area contributed by atoms with Crippen molar-refractivity contribution in [1.82, 2.24) is 0 Å². The van der Waals surface area contributed by atoms with Gasteiger partial charge in [0.15, 0.2) is 0 Å². The van der Waals surface area contributed by atoms with Crippen LogP contribution >= 0.6 is 0 Å². The molecular formula is C9H15F3O. The van der Waals surface area contributed by atoms with Gasteiger partial charge in [-0.05, 0) is 12.8 Å². The van der Waals surface area contributed by atoms with Crippen LogP contribution < -0.4 is 0 Å². The van der Waals surface area contributed by atoms with Crippen molar-refractivity contribution in [3.63, 3.8) is 0 Å². The smallest absolute Gasteiger partial charge is 0.415 e. The molecule has 0 saturated carbocycles. The van der Waals surface area contributed by atoms with Crippen molar-refractivity contribution in [3.05, 3.63) is 11.8 Å². The third-order valence-electron chi connectivity index (χ3n) is 1.67. The Bertz CT molecular complexity index is 161. The van der Waals surface area contributed by atoms with Gasteiger partial charge in [0.05, 0.1) is 18.9 Å². The summed E-state index contributed by atoms with van der Waals surface area (Å²) in [6.45, 7) is 1.95. The first-order chi connectivity index (χ1) is 6.02. The van der Waals surface area contributed by atoms with Crippen LogP contribution in [0.3, 0.4) is 0 Å². The van der Waals surface area contributed by atoms with E-state index in [2.05, 4.69) is 4.74 Å². The monoisotopic (exact) mass is 196 g/mol. The molecule has 0 N–H and O–H groups in total. The Labute approximate surface area is 76.6 Å². The maximum absolute atomic E-state index is 12.2. The Morgan fingerprint density at radius 1 is 1.31 bits per heavy atom. The van der Waals surface area contributed by atoms with Crippen molar-refractivity contribution in [2.45, 2.75) is 38.8 Å². The van der Waals surface area contributed by atoms with Gasteiger partial charge in [-0.2, -0.15) is 13.2 Å². The van der Waals surface area contributed by atoms with Gasteiger partial charge in [-0.1, -0.05) is 19.8 Å². The molecule has 4 heteroatoms. The molecule has 0 amide bonds. The molecule has 0 aliphatic rings. The lowest BCUT2D eigenvalue weighted by Gasteiger charge is -2.10. The van der Waals surface area contributed by atoms with Gasteiger partial charge in [-0.15, -0.1) is 0 Å². The summed E-state index contributed by atoms with van der Waals surface area (Å²) in [7, 11) is 1.23. The number of hydrogen-bond donors (Lipinski definition) is 0. The van der Waals surface area contributed by atoms with E-state index in [0.29, 0.717) is 6.42 Å². The second-order valence-corrected chi connectivity index (χ2v) is 2.83. The highest BCUT2D eigenvalue weighted by Gasteiger charge is 2.33. The van der Waals surface area contributed by atoms with E-state index in [1.54, 1.807) is 0 Å². The summed E-state index contributed by atoms with van der Waals surface area (Å²) in [5.41, 5.74) is -0.580. The number of ether oxygens (including phenoxy) is 1. The minimum absolute atomic E-state index is 0.0468. The summed E-state index contributed by atoms with van der Waals surface area (Å²) in [5.74, 6) is 0. The first-order valence-electron chi connectivity index (χ1n) is 4.31. The standard InChI is InChI=1S/C9H15F3O/c1-3-4-5-6-8(7-13-2)9(10,11)12/h7H,3-6H2,1-2H3/b8-7+. The lowest BCUT2D eigenvalue weighted by molar-refractivity contribution is -0.0961. The first kappa shape index (κ1) is 12.3. The van der Waals surface area contributed by atoms with Crippen molar-refractivity contribution in [1.29, 1.82) is 0 Å². The molecule has 0 atom stereocenters. The molecule has 78 valence electrons. The van der Waals surface area contributed by atoms with Gasteiger partial charge in [0.2, 0.25) is 0 Å². The molecule has 0 aromatic heterocycles. The SMILES string of the molecule is CCCCC/C(=C\OC)C(F)(F)F. The number of methoxy groups -OCH3 is 1. The van der Waals surface area contributed by atoms with Gasteiger partial charge >= 0.3 is 6.18 Å². The average Bonchev–Trinajstić information content (AvgIpc) is 2.01. The molecule has 0 aromatic carbocycles. The Morgan fingerprint density at radius 3 is 2.31 bits per heavy atom. The minimum atomic E-state index is -4.25. The van der Waals surface area contributed by atoms with E-state index in [-0.39, 0.29) is 6.42 Å². The summed E-state index contributed by atoms with van der Waals surface area (Å²) >= 11 is 0. The fraction of sp³-hybridized carbons (Fsp3) is 0.778. The zero-order valence-electron chi connectivity index (χ0n) is 7.95. The zero-order chi connectivity index (χ0) is 10.3. The van der Waals surface area contributed by atoms with Crippen molar-refractivity contribution in [2.75, 3.05) is 7.11 Å². The average molecular weight is 196 g/mol. The normalized spacial score (nSPS) is 13.2. The Balaban J connectivity index is 4.05. The number of hydrogen-bond acceptors (Lipinski definition) is 1. The Hall–Kier alpha value is -0.670. The van der Waals surface area contributed by atoms with Gasteiger partial charge < -0.3 is 4.74 Å². The predicted octanol–water partition coefficient (Wildman–Crippen LogP) is 3.66. The number of allylic oxidation sites excluding steroid dienone is 1. The third kappa shape index (κ3) is 5.55. The van der Waals surface area contributed by atoms with Crippen LogP contribution in [0.1, 0.15) is 32.6 Å². The highest BCUT2D eigenvalue weighted by atomic mass is 19.4. The highest BCUT2D eigenvalue weighted by molar-refractivity contribution is 5.05. The number of alkyl halides is 3. The van der Waals surface area contributed by atoms with E-state index in [1.165, 1.54) is 7.11 Å². The topological polar surface area (TPSA) is 9.23 Å². The van der Waals surface area contributed by atoms with E-state index in [1.807, 2.05) is 6.92 Å². The van der Waals surface area contributed by atoms with Crippen LogP contribution in [0.5, 0.6) is 0 Å². The van der Waals surface area contributed by atoms with Crippen LogP contribution in [-0.4, -0.2) is 13.3 Å². The summed E-state index contributed by atoms with van der Waals surface area (Å²) in [6, 6.07) is 0. The Morgan fingerprint density at radius 2 is 1.92 bits per heavy atom. The molecular weight excluding hydrogens is 181 g/mol. The van der Waals surface area contributed by atoms with Crippen LogP contribution in [0.4, 0.5) is 13.2 Å². The van der Waals surface area contributed by atoms with Crippen LogP contribution in [0.25, 0.3) is 0 Å². The van der Waals surface area contributed by atoms with Crippen LogP contribution in [0.2, 0.25) is 0 Å². The quantitative estimate of drug-likeness (QED) is 0.481. The lowest BCUT2D eigenvalue weighted by atomic mass is 10.1. The molecule has 0 rings (SSSR count). The first-order valence-corrected chi connectivity index (χ1v) is 4.31. The minimum Gasteiger partial charge on any atom is -0.504 e. The summed E-state index contributed by atoms with van der Waals surface area (Å²) in [6.07, 6.45) is -1.12. The van der Waals surface area contributed by atoms with Gasteiger partial charge in [-0.25, -0.2) is 0 Å². The molecule has 1 nitrogen and oxygen atoms in total. The zero-order valence-corrected chi connectivity index (χ0v) is 7.95. The van der Waals surface area contributed by atoms with Crippen molar-refractivity contribution in [2.24, 2.45) is 0 Å². The molecule has 0 spiro atoms. The van der Waals surface area contributed by atoms with E-state index < -0.39 is 11.7 Å². The van der Waals surface area contributed by atoms with E-state index in [9.17, 15) is 13.2 Å². The number of rotatable bonds is 5. The molecule has 0 aliphatic carbocycles. The van der Waals surface area contributed by atoms with Gasteiger partial charge in [0.1, 0.15) is 0 Å². The molecule has 0 unspecified atom stereocenters. The van der Waals surface area contributed by atoms with Crippen LogP contribution in [-0.2, 0) is 4.74 Å². The highest BCUT2D eigenvalue weighted by Crippen LogP contribution is 2.29. The molecule has 0 saturated heterocycles. The van der Waals surface area contributed by atoms with Crippen molar-refractivity contribution in [3.8, 4) is 0 Å². The van der Waals surface area contributed by atoms with Crippen LogP contribution in [0, 0.1) is 0 Å². The molecule has 0 aliphatic heterocycles. The number of halogens is 3. The molecule has 0 bridgehead atoms. The summed E-state index contributed by atoms with van der Waals surface area (Å²) in [4.78, 5) is 0. The van der Waals surface area contributed by atoms with Crippen molar-refractivity contribution >= 4 is 0 Å². The summed E-state index contributed by atoms with van der Waals surface area (Å²) < 4.78 is 40.9. The van der Waals surface area contributed by atoms with Gasteiger partial charge in [0, 0.05) is 0 Å². The molecule has 0 aromatic rings. The van der Waals surface area contributed by atoms with E-state index in [4.69, 9.17) is 0 Å². The van der Waals surface area contributed by atoms with E-state index >= 15 is 0 Å².